The zero-order chi connectivity index (χ0) is 27.0. The molecule has 0 radical (unpaired) electrons. The molecule has 1 atom stereocenters. The number of rotatable bonds is 4. The quantitative estimate of drug-likeness (QED) is 0.222. The van der Waals surface area contributed by atoms with Crippen molar-refractivity contribution >= 4 is 28.9 Å². The van der Waals surface area contributed by atoms with Gasteiger partial charge in [-0.2, -0.15) is 13.2 Å². The molecule has 192 valence electrons. The summed E-state index contributed by atoms with van der Waals surface area (Å²) in [6.07, 6.45) is -1.54. The van der Waals surface area contributed by atoms with Crippen molar-refractivity contribution < 1.29 is 27.2 Å². The predicted octanol–water partition coefficient (Wildman–Crippen LogP) is 6.72. The molecule has 1 aliphatic heterocycles. The third-order valence-corrected chi connectivity index (χ3v) is 6.45. The van der Waals surface area contributed by atoms with Gasteiger partial charge in [-0.1, -0.05) is 30.3 Å². The van der Waals surface area contributed by atoms with Crippen LogP contribution in [0.2, 0.25) is 0 Å². The highest BCUT2D eigenvalue weighted by Gasteiger charge is 2.44. The summed E-state index contributed by atoms with van der Waals surface area (Å²) in [5, 5.41) is 0. The first-order valence-electron chi connectivity index (χ1n) is 11.8. The number of para-hydroxylation sites is 1. The van der Waals surface area contributed by atoms with Crippen LogP contribution >= 0.6 is 0 Å². The van der Waals surface area contributed by atoms with Crippen LogP contribution in [0.5, 0.6) is 0 Å². The number of anilines is 3. The molecule has 4 aromatic rings. The van der Waals surface area contributed by atoms with Crippen molar-refractivity contribution in [3.05, 3.63) is 108 Å². The fraction of sp³-hybridized carbons (Fsp3) is 0.138. The Morgan fingerprint density at radius 1 is 0.842 bits per heavy atom. The summed E-state index contributed by atoms with van der Waals surface area (Å²) in [7, 11) is 0. The molecule has 0 saturated heterocycles. The topological polar surface area (TPSA) is 53.5 Å². The molecule has 9 heteroatoms. The van der Waals surface area contributed by atoms with Gasteiger partial charge in [0.2, 0.25) is 11.8 Å². The average Bonchev–Trinajstić information content (AvgIpc) is 3.00. The second-order valence-corrected chi connectivity index (χ2v) is 8.70. The smallest absolute Gasteiger partial charge is 0.310 e. The van der Waals surface area contributed by atoms with Crippen LogP contribution in [-0.4, -0.2) is 23.3 Å². The number of halogens is 4. The van der Waals surface area contributed by atoms with Gasteiger partial charge in [-0.25, -0.2) is 4.39 Å². The number of aromatic nitrogens is 1. The fourth-order valence-electron chi connectivity index (χ4n) is 4.65. The number of alkyl halides is 3. The number of carbonyl (C=O) groups excluding carboxylic acids is 2. The molecule has 0 fully saturated rings. The third kappa shape index (κ3) is 4.40. The van der Waals surface area contributed by atoms with E-state index in [9.17, 15) is 22.8 Å². The predicted molar refractivity (Wildman–Crippen MR) is 135 cm³/mol. The molecule has 5 rings (SSSR count). The Hall–Kier alpha value is -4.53. The number of fused-ring (bicyclic) bond motifs is 1. The zero-order valence-corrected chi connectivity index (χ0v) is 20.1. The lowest BCUT2D eigenvalue weighted by atomic mass is 9.92. The number of nitrogens with zero attached hydrogens (tertiary/aromatic N) is 3. The van der Waals surface area contributed by atoms with Gasteiger partial charge in [0, 0.05) is 35.8 Å². The lowest BCUT2D eigenvalue weighted by Crippen LogP contribution is -2.39. The van der Waals surface area contributed by atoms with E-state index in [-0.39, 0.29) is 29.2 Å². The van der Waals surface area contributed by atoms with Gasteiger partial charge < -0.3 is 4.90 Å². The van der Waals surface area contributed by atoms with Crippen molar-refractivity contribution in [3.63, 3.8) is 0 Å². The molecule has 0 N–H and O–H groups in total. The van der Waals surface area contributed by atoms with Crippen molar-refractivity contribution in [2.24, 2.45) is 0 Å². The van der Waals surface area contributed by atoms with E-state index in [0.29, 0.717) is 11.1 Å². The summed E-state index contributed by atoms with van der Waals surface area (Å²) in [5.74, 6) is -4.03. The molecule has 0 saturated carbocycles. The van der Waals surface area contributed by atoms with Gasteiger partial charge in [-0.15, -0.1) is 0 Å². The molecule has 2 heterocycles. The van der Waals surface area contributed by atoms with Gasteiger partial charge in [-0.05, 0) is 61.0 Å². The molecule has 5 nitrogen and oxygen atoms in total. The first-order valence-corrected chi connectivity index (χ1v) is 11.8. The maximum atomic E-state index is 15.4. The average molecular weight is 519 g/mol. The Labute approximate surface area is 216 Å². The van der Waals surface area contributed by atoms with Crippen molar-refractivity contribution in [3.8, 4) is 11.1 Å². The van der Waals surface area contributed by atoms with Crippen LogP contribution in [0.4, 0.5) is 34.6 Å². The van der Waals surface area contributed by atoms with Gasteiger partial charge in [0.25, 0.3) is 0 Å². The van der Waals surface area contributed by atoms with E-state index in [1.165, 1.54) is 29.2 Å². The Kier molecular flexibility index (Phi) is 6.44. The van der Waals surface area contributed by atoms with E-state index in [0.717, 1.165) is 17.0 Å². The van der Waals surface area contributed by atoms with E-state index < -0.39 is 35.3 Å². The maximum absolute atomic E-state index is 15.4. The number of carbonyl (C=O) groups is 2. The summed E-state index contributed by atoms with van der Waals surface area (Å²) in [4.78, 5) is 34.4. The normalized spacial score (nSPS) is 15.9. The van der Waals surface area contributed by atoms with Crippen molar-refractivity contribution in [1.29, 1.82) is 0 Å². The van der Waals surface area contributed by atoms with Crippen molar-refractivity contribution in [2.75, 3.05) is 16.3 Å². The molecule has 1 unspecified atom stereocenters. The fourth-order valence-corrected chi connectivity index (χ4v) is 4.65. The molecular weight excluding hydrogens is 498 g/mol. The van der Waals surface area contributed by atoms with Gasteiger partial charge in [0.15, 0.2) is 0 Å². The van der Waals surface area contributed by atoms with Crippen LogP contribution < -0.4 is 9.80 Å². The molecule has 0 aliphatic carbocycles. The zero-order valence-electron chi connectivity index (χ0n) is 20.1. The van der Waals surface area contributed by atoms with E-state index in [1.807, 2.05) is 0 Å². The van der Waals surface area contributed by atoms with Crippen molar-refractivity contribution in [2.45, 2.75) is 19.0 Å². The Balaban J connectivity index is 1.75. The van der Waals surface area contributed by atoms with Crippen LogP contribution in [0.15, 0.2) is 91.3 Å². The van der Waals surface area contributed by atoms with E-state index >= 15 is 4.39 Å². The lowest BCUT2D eigenvalue weighted by Gasteiger charge is -2.26. The van der Waals surface area contributed by atoms with Gasteiger partial charge >= 0.3 is 6.18 Å². The minimum absolute atomic E-state index is 0.0491. The van der Waals surface area contributed by atoms with Gasteiger partial charge in [-0.3, -0.25) is 19.5 Å². The molecule has 0 bridgehead atoms. The highest BCUT2D eigenvalue weighted by atomic mass is 19.4. The van der Waals surface area contributed by atoms with Crippen LogP contribution in [0.1, 0.15) is 24.0 Å². The highest BCUT2D eigenvalue weighted by molar-refractivity contribution is 6.23. The molecule has 1 aliphatic rings. The van der Waals surface area contributed by atoms with Gasteiger partial charge in [0.1, 0.15) is 11.7 Å². The standard InChI is InChI=1S/C29H21F4N3O2/c1-2-35-24-13-11-20(29(31,32)33)16-25(24)36(21-8-4-3-5-9-21)28(38)26(27(35)37)22-15-18(10-12-23(22)30)19-7-6-14-34-17-19/h3-17,26H,2H2,1H3. The number of amides is 2. The molecule has 0 spiro atoms. The number of benzene rings is 3. The maximum Gasteiger partial charge on any atom is 0.416 e. The molecule has 38 heavy (non-hydrogen) atoms. The SMILES string of the molecule is CCN1C(=O)C(c2cc(-c3cccnc3)ccc2F)C(=O)N(c2ccccc2)c2cc(C(F)(F)F)ccc21. The largest absolute Gasteiger partial charge is 0.416 e. The van der Waals surface area contributed by atoms with E-state index in [4.69, 9.17) is 0 Å². The van der Waals surface area contributed by atoms with E-state index in [2.05, 4.69) is 4.98 Å². The third-order valence-electron chi connectivity index (χ3n) is 6.45. The van der Waals surface area contributed by atoms with Crippen LogP contribution in [0.3, 0.4) is 0 Å². The summed E-state index contributed by atoms with van der Waals surface area (Å²) in [5.41, 5.74) is 0.281. The number of hydrogen-bond acceptors (Lipinski definition) is 3. The summed E-state index contributed by atoms with van der Waals surface area (Å²) in [6.45, 7) is 1.69. The first-order chi connectivity index (χ1) is 18.2. The molecular formula is C29H21F4N3O2. The van der Waals surface area contributed by atoms with Gasteiger partial charge in [0.05, 0.1) is 16.9 Å². The lowest BCUT2D eigenvalue weighted by molar-refractivity contribution is -0.137. The summed E-state index contributed by atoms with van der Waals surface area (Å²) >= 11 is 0. The Morgan fingerprint density at radius 2 is 1.61 bits per heavy atom. The minimum atomic E-state index is -4.68. The molecule has 1 aromatic heterocycles. The summed E-state index contributed by atoms with van der Waals surface area (Å²) < 4.78 is 56.5. The number of hydrogen-bond donors (Lipinski definition) is 0. The van der Waals surface area contributed by atoms with Crippen LogP contribution in [-0.2, 0) is 15.8 Å². The number of likely N-dealkylation sites (N-methyl/N-ethyl adjacent to an activating group) is 1. The second-order valence-electron chi connectivity index (χ2n) is 8.70. The first kappa shape index (κ1) is 25.1. The molecule has 3 aromatic carbocycles. The molecule has 2 amide bonds. The number of pyridine rings is 1. The van der Waals surface area contributed by atoms with E-state index in [1.54, 1.807) is 61.8 Å². The monoisotopic (exact) mass is 519 g/mol. The Bertz CT molecular complexity index is 1510. The minimum Gasteiger partial charge on any atom is -0.310 e. The van der Waals surface area contributed by atoms with Crippen LogP contribution in [0, 0.1) is 5.82 Å². The Morgan fingerprint density at radius 3 is 2.26 bits per heavy atom. The van der Waals surface area contributed by atoms with Crippen LogP contribution in [0.25, 0.3) is 11.1 Å². The second kappa shape index (κ2) is 9.74. The van der Waals surface area contributed by atoms with Crippen molar-refractivity contribution in [1.82, 2.24) is 4.98 Å². The summed E-state index contributed by atoms with van der Waals surface area (Å²) in [6, 6.07) is 18.5. The highest BCUT2D eigenvalue weighted by Crippen LogP contribution is 2.45.